The minimum atomic E-state index is 0.144. The number of benzene rings is 1. The Morgan fingerprint density at radius 2 is 1.86 bits per heavy atom. The molecule has 0 saturated heterocycles. The Balaban J connectivity index is 1.44. The molecule has 3 rings (SSSR count). The van der Waals surface area contributed by atoms with Crippen LogP contribution in [-0.2, 0) is 11.2 Å². The average molecular weight is 284 g/mol. The molecule has 1 amide bonds. The molecule has 3 heteroatoms. The molecule has 0 spiro atoms. The number of hydrogen-bond donors (Lipinski definition) is 1. The summed E-state index contributed by atoms with van der Waals surface area (Å²) in [7, 11) is 0. The van der Waals surface area contributed by atoms with Gasteiger partial charge in [-0.3, -0.25) is 4.79 Å². The SMILES string of the molecule is C/C(CCc1ccccc1)=N/NC(=O)C1[C@H]2CCCC[C@H]12. The fourth-order valence-corrected chi connectivity index (χ4v) is 3.63. The molecule has 0 unspecified atom stereocenters. The van der Waals surface area contributed by atoms with Gasteiger partial charge in [-0.15, -0.1) is 0 Å². The molecule has 3 nitrogen and oxygen atoms in total. The van der Waals surface area contributed by atoms with Gasteiger partial charge >= 0.3 is 0 Å². The van der Waals surface area contributed by atoms with E-state index in [4.69, 9.17) is 0 Å². The van der Waals surface area contributed by atoms with Crippen molar-refractivity contribution >= 4 is 11.6 Å². The van der Waals surface area contributed by atoms with Crippen molar-refractivity contribution in [2.24, 2.45) is 22.9 Å². The Labute approximate surface area is 126 Å². The highest BCUT2D eigenvalue weighted by molar-refractivity contribution is 5.86. The highest BCUT2D eigenvalue weighted by Crippen LogP contribution is 2.55. The summed E-state index contributed by atoms with van der Waals surface area (Å²) in [6.45, 7) is 1.99. The molecule has 2 atom stereocenters. The standard InChI is InChI=1S/C18H24N2O/c1-13(11-12-14-7-3-2-4-8-14)19-20-18(21)17-15-9-5-6-10-16(15)17/h2-4,7-8,15-17H,5-6,9-12H2,1H3,(H,20,21)/b19-13-/t15-,16-/m0/s1. The number of nitrogens with one attached hydrogen (secondary N) is 1. The first-order chi connectivity index (χ1) is 10.3. The molecular weight excluding hydrogens is 260 g/mol. The lowest BCUT2D eigenvalue weighted by atomic mass is 10.0. The second-order valence-electron chi connectivity index (χ2n) is 6.45. The first-order valence-electron chi connectivity index (χ1n) is 8.12. The van der Waals surface area contributed by atoms with Crippen LogP contribution in [0.1, 0.15) is 44.6 Å². The second-order valence-corrected chi connectivity index (χ2v) is 6.45. The first-order valence-corrected chi connectivity index (χ1v) is 8.12. The van der Waals surface area contributed by atoms with Crippen LogP contribution in [0.2, 0.25) is 0 Å². The highest BCUT2D eigenvalue weighted by Gasteiger charge is 2.54. The maximum Gasteiger partial charge on any atom is 0.243 e. The van der Waals surface area contributed by atoms with Gasteiger partial charge in [-0.2, -0.15) is 5.10 Å². The van der Waals surface area contributed by atoms with E-state index in [2.05, 4.69) is 34.8 Å². The third-order valence-electron chi connectivity index (χ3n) is 4.93. The summed E-state index contributed by atoms with van der Waals surface area (Å²) in [6, 6.07) is 10.4. The molecule has 2 aliphatic rings. The van der Waals surface area contributed by atoms with Gasteiger partial charge in [-0.25, -0.2) is 5.43 Å². The number of rotatable bonds is 5. The molecular formula is C18H24N2O. The highest BCUT2D eigenvalue weighted by atomic mass is 16.2. The lowest BCUT2D eigenvalue weighted by Gasteiger charge is -2.04. The van der Waals surface area contributed by atoms with Crippen molar-refractivity contribution in [3.63, 3.8) is 0 Å². The largest absolute Gasteiger partial charge is 0.273 e. The van der Waals surface area contributed by atoms with E-state index in [-0.39, 0.29) is 11.8 Å². The Hall–Kier alpha value is -1.64. The van der Waals surface area contributed by atoms with Crippen molar-refractivity contribution < 1.29 is 4.79 Å². The van der Waals surface area contributed by atoms with E-state index in [0.717, 1.165) is 18.6 Å². The number of nitrogens with zero attached hydrogens (tertiary/aromatic N) is 1. The average Bonchev–Trinajstić information content (AvgIpc) is 3.26. The molecule has 2 fully saturated rings. The Morgan fingerprint density at radius 1 is 1.19 bits per heavy atom. The fraction of sp³-hybridized carbons (Fsp3) is 0.556. The number of amides is 1. The van der Waals surface area contributed by atoms with E-state index >= 15 is 0 Å². The number of fused-ring (bicyclic) bond motifs is 1. The van der Waals surface area contributed by atoms with Crippen molar-refractivity contribution in [3.05, 3.63) is 35.9 Å². The van der Waals surface area contributed by atoms with Gasteiger partial charge in [0.15, 0.2) is 0 Å². The van der Waals surface area contributed by atoms with Gasteiger partial charge in [-0.1, -0.05) is 43.2 Å². The van der Waals surface area contributed by atoms with Gasteiger partial charge in [-0.05, 0) is 50.0 Å². The van der Waals surface area contributed by atoms with Crippen LogP contribution >= 0.6 is 0 Å². The Bertz CT molecular complexity index is 511. The zero-order chi connectivity index (χ0) is 14.7. The van der Waals surface area contributed by atoms with Gasteiger partial charge in [0.05, 0.1) is 0 Å². The van der Waals surface area contributed by atoms with Gasteiger partial charge in [0.2, 0.25) is 5.91 Å². The molecule has 112 valence electrons. The summed E-state index contributed by atoms with van der Waals surface area (Å²) in [4.78, 5) is 12.1. The third kappa shape index (κ3) is 3.52. The van der Waals surface area contributed by atoms with Crippen LogP contribution in [0.15, 0.2) is 35.4 Å². The summed E-state index contributed by atoms with van der Waals surface area (Å²) in [6.07, 6.45) is 6.93. The Kier molecular flexibility index (Phi) is 4.37. The maximum absolute atomic E-state index is 12.1. The first kappa shape index (κ1) is 14.3. The number of carbonyl (C=O) groups excluding carboxylic acids is 1. The van der Waals surface area contributed by atoms with Crippen molar-refractivity contribution in [2.75, 3.05) is 0 Å². The molecule has 0 radical (unpaired) electrons. The van der Waals surface area contributed by atoms with Crippen LogP contribution in [-0.4, -0.2) is 11.6 Å². The van der Waals surface area contributed by atoms with E-state index in [0.29, 0.717) is 11.8 Å². The third-order valence-corrected chi connectivity index (χ3v) is 4.93. The molecule has 0 aromatic heterocycles. The Morgan fingerprint density at radius 3 is 2.52 bits per heavy atom. The molecule has 1 aromatic carbocycles. The topological polar surface area (TPSA) is 41.5 Å². The van der Waals surface area contributed by atoms with Crippen LogP contribution in [0.25, 0.3) is 0 Å². The van der Waals surface area contributed by atoms with Crippen molar-refractivity contribution in [3.8, 4) is 0 Å². The number of hydrogen-bond acceptors (Lipinski definition) is 2. The number of aryl methyl sites for hydroxylation is 1. The van der Waals surface area contributed by atoms with Crippen molar-refractivity contribution in [1.29, 1.82) is 0 Å². The van der Waals surface area contributed by atoms with E-state index in [1.807, 2.05) is 13.0 Å². The minimum absolute atomic E-state index is 0.144. The van der Waals surface area contributed by atoms with Crippen LogP contribution < -0.4 is 5.43 Å². The van der Waals surface area contributed by atoms with E-state index < -0.39 is 0 Å². The predicted octanol–water partition coefficient (Wildman–Crippen LogP) is 3.55. The van der Waals surface area contributed by atoms with Gasteiger partial charge in [0.1, 0.15) is 0 Å². The molecule has 2 saturated carbocycles. The zero-order valence-corrected chi connectivity index (χ0v) is 12.7. The quantitative estimate of drug-likeness (QED) is 0.652. The second kappa shape index (κ2) is 6.42. The summed E-state index contributed by atoms with van der Waals surface area (Å²) < 4.78 is 0. The minimum Gasteiger partial charge on any atom is -0.273 e. The summed E-state index contributed by atoms with van der Waals surface area (Å²) in [5, 5.41) is 4.28. The number of hydrazone groups is 1. The van der Waals surface area contributed by atoms with Gasteiger partial charge < -0.3 is 0 Å². The van der Waals surface area contributed by atoms with Crippen LogP contribution in [0, 0.1) is 17.8 Å². The molecule has 0 aliphatic heterocycles. The molecule has 0 bridgehead atoms. The number of carbonyl (C=O) groups is 1. The lowest BCUT2D eigenvalue weighted by molar-refractivity contribution is -0.122. The fourth-order valence-electron chi connectivity index (χ4n) is 3.63. The molecule has 1 N–H and O–H groups in total. The van der Waals surface area contributed by atoms with Crippen LogP contribution in [0.5, 0.6) is 0 Å². The van der Waals surface area contributed by atoms with Crippen molar-refractivity contribution in [2.45, 2.75) is 45.4 Å². The van der Waals surface area contributed by atoms with E-state index in [9.17, 15) is 4.79 Å². The monoisotopic (exact) mass is 284 g/mol. The van der Waals surface area contributed by atoms with Crippen molar-refractivity contribution in [1.82, 2.24) is 5.43 Å². The van der Waals surface area contributed by atoms with Crippen LogP contribution in [0.4, 0.5) is 0 Å². The normalized spacial score (nSPS) is 27.9. The predicted molar refractivity (Wildman–Crippen MR) is 85.0 cm³/mol. The summed E-state index contributed by atoms with van der Waals surface area (Å²) >= 11 is 0. The molecule has 2 aliphatic carbocycles. The zero-order valence-electron chi connectivity index (χ0n) is 12.7. The van der Waals surface area contributed by atoms with E-state index in [1.54, 1.807) is 0 Å². The maximum atomic E-state index is 12.1. The summed E-state index contributed by atoms with van der Waals surface area (Å²) in [5.74, 6) is 1.70. The molecule has 1 aromatic rings. The lowest BCUT2D eigenvalue weighted by Crippen LogP contribution is -2.22. The van der Waals surface area contributed by atoms with Gasteiger partial charge in [0.25, 0.3) is 0 Å². The van der Waals surface area contributed by atoms with Gasteiger partial charge in [0, 0.05) is 11.6 Å². The summed E-state index contributed by atoms with van der Waals surface area (Å²) in [5.41, 5.74) is 5.09. The molecule has 0 heterocycles. The van der Waals surface area contributed by atoms with Crippen LogP contribution in [0.3, 0.4) is 0 Å². The smallest absolute Gasteiger partial charge is 0.243 e. The van der Waals surface area contributed by atoms with E-state index in [1.165, 1.54) is 31.2 Å². The molecule has 21 heavy (non-hydrogen) atoms.